The summed E-state index contributed by atoms with van der Waals surface area (Å²) in [6, 6.07) is 27.7. The van der Waals surface area contributed by atoms with Crippen molar-refractivity contribution in [3.8, 4) is 0 Å². The first-order chi connectivity index (χ1) is 12.2. The second-order valence-electron chi connectivity index (χ2n) is 5.72. The van der Waals surface area contributed by atoms with Crippen LogP contribution in [-0.4, -0.2) is 12.6 Å². The Hall–Kier alpha value is -2.59. The smallest absolute Gasteiger partial charge is 0.319 e. The van der Waals surface area contributed by atoms with Gasteiger partial charge in [-0.2, -0.15) is 0 Å². The quantitative estimate of drug-likeness (QED) is 0.597. The molecule has 0 saturated carbocycles. The number of anilines is 1. The van der Waals surface area contributed by atoms with Crippen LogP contribution in [0.4, 0.5) is 10.5 Å². The molecule has 4 heteroatoms. The van der Waals surface area contributed by atoms with Gasteiger partial charge in [0.05, 0.1) is 0 Å². The monoisotopic (exact) mass is 394 g/mol. The van der Waals surface area contributed by atoms with Gasteiger partial charge in [0, 0.05) is 22.6 Å². The molecule has 2 amide bonds. The molecule has 3 nitrogen and oxygen atoms in total. The maximum absolute atomic E-state index is 12.2. The van der Waals surface area contributed by atoms with Crippen molar-refractivity contribution >= 4 is 27.6 Å². The van der Waals surface area contributed by atoms with Crippen LogP contribution in [0.25, 0.3) is 0 Å². The zero-order valence-corrected chi connectivity index (χ0v) is 15.2. The minimum absolute atomic E-state index is 0.109. The van der Waals surface area contributed by atoms with Crippen molar-refractivity contribution in [3.05, 3.63) is 101 Å². The van der Waals surface area contributed by atoms with Gasteiger partial charge in [-0.25, -0.2) is 4.79 Å². The van der Waals surface area contributed by atoms with Gasteiger partial charge in [0.25, 0.3) is 0 Å². The molecule has 0 radical (unpaired) electrons. The number of benzene rings is 3. The number of rotatable bonds is 5. The largest absolute Gasteiger partial charge is 0.337 e. The van der Waals surface area contributed by atoms with E-state index in [1.807, 2.05) is 60.7 Å². The molecule has 0 atom stereocenters. The third-order valence-corrected chi connectivity index (χ3v) is 4.50. The van der Waals surface area contributed by atoms with Crippen molar-refractivity contribution in [2.45, 2.75) is 5.92 Å². The zero-order chi connectivity index (χ0) is 17.5. The molecule has 0 unspecified atom stereocenters. The maximum Gasteiger partial charge on any atom is 0.319 e. The predicted molar refractivity (Wildman–Crippen MR) is 106 cm³/mol. The van der Waals surface area contributed by atoms with Crippen LogP contribution in [0.2, 0.25) is 0 Å². The topological polar surface area (TPSA) is 41.1 Å². The fourth-order valence-electron chi connectivity index (χ4n) is 2.70. The molecular weight excluding hydrogens is 376 g/mol. The number of carbonyl (C=O) groups is 1. The molecule has 126 valence electrons. The van der Waals surface area contributed by atoms with Gasteiger partial charge in [-0.1, -0.05) is 76.6 Å². The van der Waals surface area contributed by atoms with E-state index in [2.05, 4.69) is 50.8 Å². The van der Waals surface area contributed by atoms with Crippen molar-refractivity contribution in [2.75, 3.05) is 11.9 Å². The van der Waals surface area contributed by atoms with Gasteiger partial charge in [-0.15, -0.1) is 0 Å². The molecule has 0 saturated heterocycles. The summed E-state index contributed by atoms with van der Waals surface area (Å²) in [5, 5.41) is 5.84. The maximum atomic E-state index is 12.2. The number of hydrogen-bond donors (Lipinski definition) is 2. The lowest BCUT2D eigenvalue weighted by atomic mass is 9.91. The van der Waals surface area contributed by atoms with E-state index in [9.17, 15) is 4.79 Å². The van der Waals surface area contributed by atoms with E-state index in [0.29, 0.717) is 6.54 Å². The van der Waals surface area contributed by atoms with E-state index in [-0.39, 0.29) is 11.9 Å². The van der Waals surface area contributed by atoms with Gasteiger partial charge in [0.1, 0.15) is 0 Å². The normalized spacial score (nSPS) is 10.5. The second kappa shape index (κ2) is 8.49. The van der Waals surface area contributed by atoms with Gasteiger partial charge in [-0.05, 0) is 35.4 Å². The Labute approximate surface area is 156 Å². The van der Waals surface area contributed by atoms with Gasteiger partial charge in [-0.3, -0.25) is 0 Å². The molecule has 0 aliphatic carbocycles. The van der Waals surface area contributed by atoms with Crippen LogP contribution in [0.3, 0.4) is 0 Å². The Balaban J connectivity index is 1.68. The predicted octanol–water partition coefficient (Wildman–Crippen LogP) is 5.40. The standard InChI is InChI=1S/C21H19BrN2O/c22-18-11-13-19(14-12-18)24-21(25)23-15-20(16-7-3-1-4-8-16)17-9-5-2-6-10-17/h1-14,20H,15H2,(H2,23,24,25). The average Bonchev–Trinajstić information content (AvgIpc) is 2.66. The second-order valence-corrected chi connectivity index (χ2v) is 6.63. The first kappa shape index (κ1) is 17.2. The van der Waals surface area contributed by atoms with E-state index in [0.717, 1.165) is 10.2 Å². The molecule has 2 N–H and O–H groups in total. The van der Waals surface area contributed by atoms with Gasteiger partial charge in [0.15, 0.2) is 0 Å². The highest BCUT2D eigenvalue weighted by atomic mass is 79.9. The lowest BCUT2D eigenvalue weighted by Gasteiger charge is -2.19. The highest BCUT2D eigenvalue weighted by molar-refractivity contribution is 9.10. The number of nitrogens with one attached hydrogen (secondary N) is 2. The van der Waals surface area contributed by atoms with Crippen LogP contribution >= 0.6 is 15.9 Å². The highest BCUT2D eigenvalue weighted by Crippen LogP contribution is 2.23. The highest BCUT2D eigenvalue weighted by Gasteiger charge is 2.15. The molecule has 0 bridgehead atoms. The number of hydrogen-bond acceptors (Lipinski definition) is 1. The van der Waals surface area contributed by atoms with Crippen LogP contribution in [-0.2, 0) is 0 Å². The van der Waals surface area contributed by atoms with Crippen LogP contribution in [0, 0.1) is 0 Å². The van der Waals surface area contributed by atoms with Crippen molar-refractivity contribution in [2.24, 2.45) is 0 Å². The van der Waals surface area contributed by atoms with Crippen molar-refractivity contribution in [3.63, 3.8) is 0 Å². The fourth-order valence-corrected chi connectivity index (χ4v) is 2.97. The number of amides is 2. The van der Waals surface area contributed by atoms with E-state index in [4.69, 9.17) is 0 Å². The van der Waals surface area contributed by atoms with Crippen molar-refractivity contribution < 1.29 is 4.79 Å². The van der Waals surface area contributed by atoms with Crippen LogP contribution in [0.15, 0.2) is 89.4 Å². The van der Waals surface area contributed by atoms with Gasteiger partial charge >= 0.3 is 6.03 Å². The summed E-state index contributed by atoms with van der Waals surface area (Å²) in [6.07, 6.45) is 0. The fraction of sp³-hybridized carbons (Fsp3) is 0.0952. The van der Waals surface area contributed by atoms with Crippen LogP contribution in [0.5, 0.6) is 0 Å². The number of carbonyl (C=O) groups excluding carboxylic acids is 1. The number of urea groups is 1. The average molecular weight is 395 g/mol. The molecular formula is C21H19BrN2O. The molecule has 3 rings (SSSR count). The van der Waals surface area contributed by atoms with Crippen molar-refractivity contribution in [1.82, 2.24) is 5.32 Å². The Bertz CT molecular complexity index is 765. The molecule has 0 spiro atoms. The molecule has 0 aliphatic rings. The van der Waals surface area contributed by atoms with Crippen molar-refractivity contribution in [1.29, 1.82) is 0 Å². The van der Waals surface area contributed by atoms with Gasteiger partial charge in [0.2, 0.25) is 0 Å². The molecule has 3 aromatic carbocycles. The Morgan fingerprint density at radius 1 is 0.800 bits per heavy atom. The minimum atomic E-state index is -0.209. The SMILES string of the molecule is O=C(NCC(c1ccccc1)c1ccccc1)Nc1ccc(Br)cc1. The van der Waals surface area contributed by atoms with E-state index in [1.165, 1.54) is 11.1 Å². The Morgan fingerprint density at radius 2 is 1.32 bits per heavy atom. The summed E-state index contributed by atoms with van der Waals surface area (Å²) in [4.78, 5) is 12.2. The third-order valence-electron chi connectivity index (χ3n) is 3.97. The van der Waals surface area contributed by atoms with E-state index >= 15 is 0 Å². The Morgan fingerprint density at radius 3 is 1.84 bits per heavy atom. The van der Waals surface area contributed by atoms with Crippen LogP contribution < -0.4 is 10.6 Å². The Kier molecular flexibility index (Phi) is 5.86. The minimum Gasteiger partial charge on any atom is -0.337 e. The summed E-state index contributed by atoms with van der Waals surface area (Å²) in [5.74, 6) is 0.109. The molecule has 0 aliphatic heterocycles. The molecule has 0 aromatic heterocycles. The lowest BCUT2D eigenvalue weighted by molar-refractivity contribution is 0.252. The first-order valence-corrected chi connectivity index (χ1v) is 8.92. The summed E-state index contributed by atoms with van der Waals surface area (Å²) in [6.45, 7) is 0.524. The molecule has 25 heavy (non-hydrogen) atoms. The van der Waals surface area contributed by atoms with Crippen LogP contribution in [0.1, 0.15) is 17.0 Å². The van der Waals surface area contributed by atoms with E-state index < -0.39 is 0 Å². The zero-order valence-electron chi connectivity index (χ0n) is 13.7. The summed E-state index contributed by atoms with van der Waals surface area (Å²) in [5.41, 5.74) is 3.12. The summed E-state index contributed by atoms with van der Waals surface area (Å²) >= 11 is 3.38. The lowest BCUT2D eigenvalue weighted by Crippen LogP contribution is -2.32. The summed E-state index contributed by atoms with van der Waals surface area (Å²) < 4.78 is 0.978. The summed E-state index contributed by atoms with van der Waals surface area (Å²) in [7, 11) is 0. The molecule has 0 fully saturated rings. The van der Waals surface area contributed by atoms with Gasteiger partial charge < -0.3 is 10.6 Å². The molecule has 0 heterocycles. The molecule has 3 aromatic rings. The first-order valence-electron chi connectivity index (χ1n) is 8.12. The van der Waals surface area contributed by atoms with E-state index in [1.54, 1.807) is 0 Å². The number of halogens is 1. The third kappa shape index (κ3) is 4.94.